The summed E-state index contributed by atoms with van der Waals surface area (Å²) < 4.78 is 13.7. The first-order valence-corrected chi connectivity index (χ1v) is 8.95. The number of halogens is 2. The van der Waals surface area contributed by atoms with E-state index < -0.39 is 5.82 Å². The van der Waals surface area contributed by atoms with Crippen molar-refractivity contribution in [3.63, 3.8) is 0 Å². The first-order valence-electron chi connectivity index (χ1n) is 8.95. The lowest BCUT2D eigenvalue weighted by Crippen LogP contribution is -2.48. The monoisotopic (exact) mass is 384 g/mol. The molecule has 1 atom stereocenters. The molecule has 0 aromatic heterocycles. The van der Waals surface area contributed by atoms with Crippen molar-refractivity contribution in [1.29, 1.82) is 0 Å². The molecule has 3 rings (SSSR count). The van der Waals surface area contributed by atoms with Gasteiger partial charge >= 0.3 is 6.03 Å². The van der Waals surface area contributed by atoms with Gasteiger partial charge in [0.15, 0.2) is 0 Å². The van der Waals surface area contributed by atoms with Crippen LogP contribution in [0.5, 0.6) is 0 Å². The third-order valence-corrected chi connectivity index (χ3v) is 4.83. The minimum absolute atomic E-state index is 0. The van der Waals surface area contributed by atoms with Crippen LogP contribution >= 0.6 is 12.4 Å². The molecule has 0 aliphatic carbocycles. The van der Waals surface area contributed by atoms with E-state index in [1.165, 1.54) is 12.1 Å². The molecule has 26 heavy (non-hydrogen) atoms. The van der Waals surface area contributed by atoms with E-state index in [0.29, 0.717) is 13.1 Å². The van der Waals surface area contributed by atoms with Gasteiger partial charge in [0.05, 0.1) is 11.6 Å². The number of likely N-dealkylation sites (tertiary alicyclic amines) is 1. The fraction of sp³-hybridized carbons (Fsp3) is 0.556. The second kappa shape index (κ2) is 9.73. The highest BCUT2D eigenvalue weighted by Crippen LogP contribution is 2.21. The number of carbonyl (C=O) groups is 2. The Balaban J connectivity index is 0.00000243. The van der Waals surface area contributed by atoms with E-state index in [4.69, 9.17) is 0 Å². The molecule has 1 aromatic rings. The lowest BCUT2D eigenvalue weighted by atomic mass is 9.96. The summed E-state index contributed by atoms with van der Waals surface area (Å²) in [6.07, 6.45) is 2.54. The van der Waals surface area contributed by atoms with E-state index in [9.17, 15) is 14.0 Å². The first kappa shape index (κ1) is 20.5. The van der Waals surface area contributed by atoms with Crippen molar-refractivity contribution >= 4 is 30.0 Å². The first-order chi connectivity index (χ1) is 12.1. The van der Waals surface area contributed by atoms with Crippen molar-refractivity contribution in [2.45, 2.75) is 19.3 Å². The normalized spacial score (nSPS) is 20.7. The molecule has 6 nitrogen and oxygen atoms in total. The SMILES string of the molecule is Cl.O=C(Nc1ccccc1F)N1CCCC(C(=O)N2CCCNCC2)C1. The van der Waals surface area contributed by atoms with Crippen LogP contribution in [0.25, 0.3) is 0 Å². The van der Waals surface area contributed by atoms with Crippen molar-refractivity contribution in [1.82, 2.24) is 15.1 Å². The second-order valence-electron chi connectivity index (χ2n) is 6.62. The summed E-state index contributed by atoms with van der Waals surface area (Å²) in [5.41, 5.74) is 0.166. The Morgan fingerprint density at radius 2 is 1.85 bits per heavy atom. The number of urea groups is 1. The highest BCUT2D eigenvalue weighted by Gasteiger charge is 2.31. The van der Waals surface area contributed by atoms with Gasteiger partial charge in [0.2, 0.25) is 5.91 Å². The van der Waals surface area contributed by atoms with Crippen LogP contribution in [0.4, 0.5) is 14.9 Å². The molecular formula is C18H26ClFN4O2. The van der Waals surface area contributed by atoms with E-state index in [1.54, 1.807) is 17.0 Å². The van der Waals surface area contributed by atoms with Crippen molar-refractivity contribution in [2.75, 3.05) is 44.6 Å². The molecule has 0 radical (unpaired) electrons. The van der Waals surface area contributed by atoms with Crippen molar-refractivity contribution < 1.29 is 14.0 Å². The van der Waals surface area contributed by atoms with Gasteiger partial charge < -0.3 is 20.4 Å². The standard InChI is InChI=1S/C18H25FN4O2.ClH/c19-15-6-1-2-7-16(15)21-18(25)23-10-3-5-14(13-23)17(24)22-11-4-8-20-9-12-22;/h1-2,6-7,14,20H,3-5,8-13H2,(H,21,25);1H. The molecule has 2 aliphatic heterocycles. The fourth-order valence-corrected chi connectivity index (χ4v) is 3.44. The summed E-state index contributed by atoms with van der Waals surface area (Å²) in [5.74, 6) is -0.497. The predicted molar refractivity (Wildman–Crippen MR) is 101 cm³/mol. The molecule has 0 spiro atoms. The highest BCUT2D eigenvalue weighted by molar-refractivity contribution is 5.90. The third kappa shape index (κ3) is 5.08. The van der Waals surface area contributed by atoms with Gasteiger partial charge in [0.25, 0.3) is 0 Å². The van der Waals surface area contributed by atoms with Gasteiger partial charge in [-0.1, -0.05) is 12.1 Å². The van der Waals surface area contributed by atoms with Gasteiger partial charge in [-0.3, -0.25) is 4.79 Å². The molecule has 2 aliphatic rings. The van der Waals surface area contributed by atoms with Crippen LogP contribution < -0.4 is 10.6 Å². The molecule has 2 fully saturated rings. The number of hydrogen-bond donors (Lipinski definition) is 2. The smallest absolute Gasteiger partial charge is 0.321 e. The number of amides is 3. The Morgan fingerprint density at radius 1 is 1.08 bits per heavy atom. The minimum atomic E-state index is -0.461. The number of nitrogens with zero attached hydrogens (tertiary/aromatic N) is 2. The average molecular weight is 385 g/mol. The minimum Gasteiger partial charge on any atom is -0.341 e. The van der Waals surface area contributed by atoms with Crippen molar-refractivity contribution in [2.24, 2.45) is 5.92 Å². The number of benzene rings is 1. The fourth-order valence-electron chi connectivity index (χ4n) is 3.44. The number of piperidine rings is 1. The summed E-state index contributed by atoms with van der Waals surface area (Å²) in [5, 5.41) is 5.90. The van der Waals surface area contributed by atoms with E-state index in [1.807, 2.05) is 4.90 Å². The number of para-hydroxylation sites is 1. The third-order valence-electron chi connectivity index (χ3n) is 4.83. The maximum atomic E-state index is 13.7. The zero-order valence-corrected chi connectivity index (χ0v) is 15.6. The van der Waals surface area contributed by atoms with E-state index in [2.05, 4.69) is 10.6 Å². The zero-order chi connectivity index (χ0) is 17.6. The number of anilines is 1. The molecule has 0 saturated carbocycles. The van der Waals surface area contributed by atoms with Gasteiger partial charge in [-0.25, -0.2) is 9.18 Å². The molecule has 1 aromatic carbocycles. The maximum absolute atomic E-state index is 13.7. The Morgan fingerprint density at radius 3 is 2.65 bits per heavy atom. The average Bonchev–Trinajstić information content (AvgIpc) is 2.92. The molecule has 2 heterocycles. The molecule has 3 amide bonds. The van der Waals surface area contributed by atoms with Crippen molar-refractivity contribution in [3.8, 4) is 0 Å². The number of hydrogen-bond acceptors (Lipinski definition) is 3. The molecular weight excluding hydrogens is 359 g/mol. The lowest BCUT2D eigenvalue weighted by Gasteiger charge is -2.34. The van der Waals surface area contributed by atoms with Crippen LogP contribution in [0.2, 0.25) is 0 Å². The molecule has 144 valence electrons. The molecule has 2 N–H and O–H groups in total. The summed E-state index contributed by atoms with van der Waals surface area (Å²) in [6.45, 7) is 4.22. The highest BCUT2D eigenvalue weighted by atomic mass is 35.5. The quantitative estimate of drug-likeness (QED) is 0.822. The van der Waals surface area contributed by atoms with Crippen LogP contribution in [0.15, 0.2) is 24.3 Å². The molecule has 8 heteroatoms. The number of carbonyl (C=O) groups excluding carboxylic acids is 2. The molecule has 1 unspecified atom stereocenters. The maximum Gasteiger partial charge on any atom is 0.321 e. The van der Waals surface area contributed by atoms with Gasteiger partial charge in [-0.05, 0) is 37.9 Å². The predicted octanol–water partition coefficient (Wildman–Crippen LogP) is 2.31. The Hall–Kier alpha value is -1.86. The van der Waals surface area contributed by atoms with Crippen molar-refractivity contribution in [3.05, 3.63) is 30.1 Å². The number of rotatable bonds is 2. The van der Waals surface area contributed by atoms with Gasteiger partial charge in [0.1, 0.15) is 5.82 Å². The van der Waals surface area contributed by atoms with Gasteiger partial charge in [-0.15, -0.1) is 12.4 Å². The summed E-state index contributed by atoms with van der Waals surface area (Å²) in [4.78, 5) is 28.7. The number of nitrogens with one attached hydrogen (secondary N) is 2. The van der Waals surface area contributed by atoms with Gasteiger partial charge in [0, 0.05) is 32.7 Å². The van der Waals surface area contributed by atoms with Crippen LogP contribution in [-0.2, 0) is 4.79 Å². The summed E-state index contributed by atoms with van der Waals surface area (Å²) in [6, 6.07) is 5.75. The zero-order valence-electron chi connectivity index (χ0n) is 14.7. The van der Waals surface area contributed by atoms with E-state index in [-0.39, 0.29) is 36.0 Å². The van der Waals surface area contributed by atoms with E-state index >= 15 is 0 Å². The van der Waals surface area contributed by atoms with Gasteiger partial charge in [-0.2, -0.15) is 0 Å². The van der Waals surface area contributed by atoms with Crippen LogP contribution in [0, 0.1) is 11.7 Å². The summed E-state index contributed by atoms with van der Waals surface area (Å²) in [7, 11) is 0. The van der Waals surface area contributed by atoms with Crippen LogP contribution in [-0.4, -0.2) is 61.0 Å². The Labute approximate surface area is 159 Å². The Bertz CT molecular complexity index is 623. The molecule has 0 bridgehead atoms. The Kier molecular flexibility index (Phi) is 7.66. The summed E-state index contributed by atoms with van der Waals surface area (Å²) >= 11 is 0. The van der Waals surface area contributed by atoms with E-state index in [0.717, 1.165) is 45.4 Å². The lowest BCUT2D eigenvalue weighted by molar-refractivity contribution is -0.136. The largest absolute Gasteiger partial charge is 0.341 e. The second-order valence-corrected chi connectivity index (χ2v) is 6.62. The molecule has 2 saturated heterocycles. The van der Waals surface area contributed by atoms with Crippen LogP contribution in [0.3, 0.4) is 0 Å². The topological polar surface area (TPSA) is 64.7 Å². The van der Waals surface area contributed by atoms with Crippen LogP contribution in [0.1, 0.15) is 19.3 Å².